The van der Waals surface area contributed by atoms with E-state index in [4.69, 9.17) is 4.74 Å². The van der Waals surface area contributed by atoms with Crippen LogP contribution in [0.2, 0.25) is 0 Å². The minimum Gasteiger partial charge on any atom is -0.465 e. The van der Waals surface area contributed by atoms with Gasteiger partial charge in [-0.15, -0.1) is 5.73 Å². The Hall–Kier alpha value is -1.86. The van der Waals surface area contributed by atoms with Crippen molar-refractivity contribution in [2.75, 3.05) is 7.11 Å². The van der Waals surface area contributed by atoms with E-state index in [-0.39, 0.29) is 5.82 Å². The van der Waals surface area contributed by atoms with Crippen LogP contribution in [0.3, 0.4) is 0 Å². The van der Waals surface area contributed by atoms with E-state index < -0.39 is 5.97 Å². The highest BCUT2D eigenvalue weighted by Gasteiger charge is 2.11. The molecule has 0 fully saturated rings. The smallest absolute Gasteiger partial charge is 0.346 e. The maximum absolute atomic E-state index is 12.9. The topological polar surface area (TPSA) is 26.3 Å². The Morgan fingerprint density at radius 3 is 2.55 bits per heavy atom. The van der Waals surface area contributed by atoms with Gasteiger partial charge in [0.05, 0.1) is 7.11 Å². The number of esters is 1. The van der Waals surface area contributed by atoms with Crippen molar-refractivity contribution < 1.29 is 13.9 Å². The average molecular weight is 276 g/mol. The van der Waals surface area contributed by atoms with Crippen LogP contribution in [-0.4, -0.2) is 13.1 Å². The largest absolute Gasteiger partial charge is 0.465 e. The quantitative estimate of drug-likeness (QED) is 0.317. The molecule has 1 aromatic carbocycles. The van der Waals surface area contributed by atoms with Crippen LogP contribution in [0.1, 0.15) is 44.6 Å². The standard InChI is InChI=1S/C17H21FO2/c1-3-4-5-6-7-8-9-16(17(19)20-2)14-10-12-15(18)13-11-14/h8,10-13H,3-7H2,1-2H3. The Kier molecular flexibility index (Phi) is 7.38. The Labute approximate surface area is 120 Å². The van der Waals surface area contributed by atoms with E-state index in [0.29, 0.717) is 11.1 Å². The summed E-state index contributed by atoms with van der Waals surface area (Å²) in [6, 6.07) is 5.75. The van der Waals surface area contributed by atoms with E-state index in [1.807, 2.05) is 6.08 Å². The fourth-order valence-corrected chi connectivity index (χ4v) is 1.83. The summed E-state index contributed by atoms with van der Waals surface area (Å²) >= 11 is 0. The normalized spacial score (nSPS) is 9.75. The van der Waals surface area contributed by atoms with Crippen molar-refractivity contribution in [3.05, 3.63) is 47.5 Å². The van der Waals surface area contributed by atoms with Gasteiger partial charge in [0.1, 0.15) is 11.4 Å². The number of rotatable bonds is 7. The summed E-state index contributed by atoms with van der Waals surface area (Å²) in [4.78, 5) is 11.7. The SMILES string of the molecule is CCCCCCC=C=C(C(=O)OC)c1ccc(F)cc1. The van der Waals surface area contributed by atoms with Gasteiger partial charge in [-0.3, -0.25) is 0 Å². The minimum absolute atomic E-state index is 0.332. The molecule has 0 heterocycles. The number of unbranched alkanes of at least 4 members (excludes halogenated alkanes) is 4. The molecule has 20 heavy (non-hydrogen) atoms. The molecule has 0 aliphatic heterocycles. The summed E-state index contributed by atoms with van der Waals surface area (Å²) in [5.74, 6) is -0.789. The van der Waals surface area contributed by atoms with Crippen LogP contribution in [0.5, 0.6) is 0 Å². The second kappa shape index (κ2) is 9.11. The second-order valence-corrected chi connectivity index (χ2v) is 4.57. The molecular weight excluding hydrogens is 255 g/mol. The molecule has 2 nitrogen and oxygen atoms in total. The lowest BCUT2D eigenvalue weighted by molar-refractivity contribution is -0.133. The number of halogens is 1. The number of ether oxygens (including phenoxy) is 1. The van der Waals surface area contributed by atoms with Gasteiger partial charge in [0, 0.05) is 0 Å². The highest BCUT2D eigenvalue weighted by molar-refractivity contribution is 6.16. The molecule has 0 saturated carbocycles. The molecule has 0 aliphatic rings. The Bertz CT molecular complexity index is 482. The first-order valence-corrected chi connectivity index (χ1v) is 6.98. The van der Waals surface area contributed by atoms with Crippen molar-refractivity contribution in [3.8, 4) is 0 Å². The maximum Gasteiger partial charge on any atom is 0.346 e. The first kappa shape index (κ1) is 16.2. The first-order chi connectivity index (χ1) is 9.69. The summed E-state index contributed by atoms with van der Waals surface area (Å²) in [7, 11) is 1.33. The summed E-state index contributed by atoms with van der Waals surface area (Å²) in [6.45, 7) is 2.17. The summed E-state index contributed by atoms with van der Waals surface area (Å²) in [5, 5.41) is 0. The zero-order valence-electron chi connectivity index (χ0n) is 12.1. The van der Waals surface area contributed by atoms with Gasteiger partial charge in [-0.2, -0.15) is 0 Å². The van der Waals surface area contributed by atoms with Crippen LogP contribution in [-0.2, 0) is 9.53 Å². The second-order valence-electron chi connectivity index (χ2n) is 4.57. The number of carbonyl (C=O) groups is 1. The van der Waals surface area contributed by atoms with Crippen molar-refractivity contribution in [1.82, 2.24) is 0 Å². The van der Waals surface area contributed by atoms with Crippen LogP contribution in [0.25, 0.3) is 5.57 Å². The molecule has 0 amide bonds. The Morgan fingerprint density at radius 1 is 1.25 bits per heavy atom. The average Bonchev–Trinajstić information content (AvgIpc) is 2.47. The monoisotopic (exact) mass is 276 g/mol. The molecule has 3 heteroatoms. The van der Waals surface area contributed by atoms with Crippen molar-refractivity contribution in [2.24, 2.45) is 0 Å². The van der Waals surface area contributed by atoms with Crippen molar-refractivity contribution in [3.63, 3.8) is 0 Å². The number of hydrogen-bond donors (Lipinski definition) is 0. The lowest BCUT2D eigenvalue weighted by Crippen LogP contribution is -2.03. The highest BCUT2D eigenvalue weighted by atomic mass is 19.1. The first-order valence-electron chi connectivity index (χ1n) is 6.98. The summed E-state index contributed by atoms with van der Waals surface area (Å²) in [5.41, 5.74) is 3.93. The zero-order chi connectivity index (χ0) is 14.8. The van der Waals surface area contributed by atoms with Gasteiger partial charge in [-0.05, 0) is 36.6 Å². The van der Waals surface area contributed by atoms with E-state index in [2.05, 4.69) is 12.7 Å². The van der Waals surface area contributed by atoms with Crippen molar-refractivity contribution >= 4 is 11.5 Å². The van der Waals surface area contributed by atoms with Crippen LogP contribution in [0.4, 0.5) is 4.39 Å². The van der Waals surface area contributed by atoms with Crippen LogP contribution in [0, 0.1) is 5.82 Å². The molecule has 1 rings (SSSR count). The van der Waals surface area contributed by atoms with E-state index in [0.717, 1.165) is 12.8 Å². The predicted molar refractivity (Wildman–Crippen MR) is 78.7 cm³/mol. The molecular formula is C17H21FO2. The maximum atomic E-state index is 12.9. The molecule has 108 valence electrons. The molecule has 0 aromatic heterocycles. The molecule has 0 aliphatic carbocycles. The molecule has 1 aromatic rings. The van der Waals surface area contributed by atoms with E-state index in [9.17, 15) is 9.18 Å². The zero-order valence-corrected chi connectivity index (χ0v) is 12.1. The lowest BCUT2D eigenvalue weighted by Gasteiger charge is -2.02. The van der Waals surface area contributed by atoms with Gasteiger partial charge in [0.15, 0.2) is 0 Å². The Balaban J connectivity index is 2.81. The third kappa shape index (κ3) is 5.41. The lowest BCUT2D eigenvalue weighted by atomic mass is 10.1. The van der Waals surface area contributed by atoms with Crippen molar-refractivity contribution in [2.45, 2.75) is 39.0 Å². The van der Waals surface area contributed by atoms with Gasteiger partial charge in [0.25, 0.3) is 0 Å². The van der Waals surface area contributed by atoms with Gasteiger partial charge in [-0.25, -0.2) is 9.18 Å². The van der Waals surface area contributed by atoms with E-state index in [1.54, 1.807) is 12.1 Å². The molecule has 0 spiro atoms. The summed E-state index contributed by atoms with van der Waals surface area (Å²) in [6.07, 6.45) is 7.41. The fraction of sp³-hybridized carbons (Fsp3) is 0.412. The van der Waals surface area contributed by atoms with Gasteiger partial charge < -0.3 is 4.74 Å². The van der Waals surface area contributed by atoms with Crippen LogP contribution in [0.15, 0.2) is 36.1 Å². The minimum atomic E-state index is -0.457. The number of methoxy groups -OCH3 is 1. The predicted octanol–water partition coefficient (Wildman–Crippen LogP) is 4.51. The van der Waals surface area contributed by atoms with Gasteiger partial charge in [0.2, 0.25) is 0 Å². The van der Waals surface area contributed by atoms with E-state index >= 15 is 0 Å². The molecule has 0 saturated heterocycles. The van der Waals surface area contributed by atoms with E-state index in [1.165, 1.54) is 38.5 Å². The van der Waals surface area contributed by atoms with Crippen LogP contribution >= 0.6 is 0 Å². The molecule has 0 N–H and O–H groups in total. The molecule has 0 radical (unpaired) electrons. The molecule has 0 bridgehead atoms. The van der Waals surface area contributed by atoms with Gasteiger partial charge in [-0.1, -0.05) is 38.3 Å². The number of carbonyl (C=O) groups excluding carboxylic acids is 1. The third-order valence-corrected chi connectivity index (χ3v) is 2.97. The highest BCUT2D eigenvalue weighted by Crippen LogP contribution is 2.15. The van der Waals surface area contributed by atoms with Gasteiger partial charge >= 0.3 is 5.97 Å². The van der Waals surface area contributed by atoms with Crippen molar-refractivity contribution in [1.29, 1.82) is 0 Å². The third-order valence-electron chi connectivity index (χ3n) is 2.97. The fourth-order valence-electron chi connectivity index (χ4n) is 1.83. The molecule has 0 unspecified atom stereocenters. The summed E-state index contributed by atoms with van der Waals surface area (Å²) < 4.78 is 17.6. The number of benzene rings is 1. The number of hydrogen-bond acceptors (Lipinski definition) is 2. The van der Waals surface area contributed by atoms with Crippen LogP contribution < -0.4 is 0 Å². The Morgan fingerprint density at radius 2 is 1.95 bits per heavy atom. The molecule has 0 atom stereocenters.